The molecule has 8 heteroatoms. The van der Waals surface area contributed by atoms with E-state index < -0.39 is 0 Å². The van der Waals surface area contributed by atoms with Crippen LogP contribution in [-0.4, -0.2) is 50.0 Å². The lowest BCUT2D eigenvalue weighted by molar-refractivity contribution is -0.00573. The van der Waals surface area contributed by atoms with Crippen LogP contribution in [0.1, 0.15) is 13.8 Å². The first-order valence-electron chi connectivity index (χ1n) is 6.44. The zero-order chi connectivity index (χ0) is 14.1. The highest BCUT2D eigenvalue weighted by Gasteiger charge is 2.25. The minimum absolute atomic E-state index is 0.127. The van der Waals surface area contributed by atoms with Crippen molar-refractivity contribution >= 4 is 17.5 Å². The van der Waals surface area contributed by atoms with Crippen LogP contribution in [0.2, 0.25) is 5.28 Å². The van der Waals surface area contributed by atoms with Gasteiger partial charge in [-0.05, 0) is 31.5 Å². The second-order valence-corrected chi connectivity index (χ2v) is 5.16. The van der Waals surface area contributed by atoms with E-state index in [2.05, 4.69) is 25.0 Å². The molecule has 106 valence electrons. The summed E-state index contributed by atoms with van der Waals surface area (Å²) in [4.78, 5) is 14.8. The average Bonchev–Trinajstić information content (AvgIpc) is 2.90. The maximum absolute atomic E-state index is 6.00. The number of ether oxygens (including phenoxy) is 1. The lowest BCUT2D eigenvalue weighted by Crippen LogP contribution is -2.46. The summed E-state index contributed by atoms with van der Waals surface area (Å²) < 4.78 is 7.27. The van der Waals surface area contributed by atoms with Crippen molar-refractivity contribution < 1.29 is 4.74 Å². The lowest BCUT2D eigenvalue weighted by Gasteiger charge is -2.35. The van der Waals surface area contributed by atoms with Crippen LogP contribution in [0.3, 0.4) is 0 Å². The molecule has 0 spiro atoms. The molecular formula is C12H15ClN6O. The van der Waals surface area contributed by atoms with Crippen molar-refractivity contribution in [2.45, 2.75) is 26.1 Å². The second kappa shape index (κ2) is 5.34. The van der Waals surface area contributed by atoms with Crippen LogP contribution in [0, 0.1) is 0 Å². The first-order chi connectivity index (χ1) is 9.61. The van der Waals surface area contributed by atoms with Crippen LogP contribution in [0.4, 0.5) is 5.95 Å². The molecule has 3 heterocycles. The Hall–Kier alpha value is -1.73. The number of aromatic nitrogens is 5. The summed E-state index contributed by atoms with van der Waals surface area (Å²) in [6, 6.07) is 1.80. The van der Waals surface area contributed by atoms with Crippen LogP contribution in [0.5, 0.6) is 0 Å². The Morgan fingerprint density at radius 3 is 2.50 bits per heavy atom. The van der Waals surface area contributed by atoms with Gasteiger partial charge in [-0.25, -0.2) is 4.68 Å². The van der Waals surface area contributed by atoms with Crippen molar-refractivity contribution in [3.05, 3.63) is 23.7 Å². The summed E-state index contributed by atoms with van der Waals surface area (Å²) in [7, 11) is 0. The van der Waals surface area contributed by atoms with E-state index >= 15 is 0 Å². The van der Waals surface area contributed by atoms with Crippen LogP contribution < -0.4 is 4.90 Å². The van der Waals surface area contributed by atoms with Gasteiger partial charge in [0, 0.05) is 25.5 Å². The lowest BCUT2D eigenvalue weighted by atomic mass is 10.2. The van der Waals surface area contributed by atoms with Gasteiger partial charge in [0.05, 0.1) is 12.2 Å². The molecular weight excluding hydrogens is 280 g/mol. The molecule has 3 rings (SSSR count). The quantitative estimate of drug-likeness (QED) is 0.832. The smallest absolute Gasteiger partial charge is 0.256 e. The topological polar surface area (TPSA) is 69.0 Å². The van der Waals surface area contributed by atoms with Gasteiger partial charge in [-0.3, -0.25) is 0 Å². The van der Waals surface area contributed by atoms with Gasteiger partial charge >= 0.3 is 0 Å². The molecule has 1 aliphatic rings. The zero-order valence-electron chi connectivity index (χ0n) is 11.3. The average molecular weight is 295 g/mol. The van der Waals surface area contributed by atoms with E-state index in [4.69, 9.17) is 16.3 Å². The van der Waals surface area contributed by atoms with E-state index in [0.717, 1.165) is 13.1 Å². The normalized spacial score (nSPS) is 23.1. The minimum Gasteiger partial charge on any atom is -0.372 e. The van der Waals surface area contributed by atoms with Crippen LogP contribution >= 0.6 is 11.6 Å². The Labute approximate surface area is 121 Å². The highest BCUT2D eigenvalue weighted by atomic mass is 35.5. The standard InChI is InChI=1S/C12H15ClN6O/c1-8-6-18(7-9(2)20-8)11-15-10(13)16-12(17-11)19-5-3-4-14-19/h3-5,8-9H,6-7H2,1-2H3. The molecule has 2 unspecified atom stereocenters. The van der Waals surface area contributed by atoms with Gasteiger partial charge in [-0.2, -0.15) is 20.1 Å². The van der Waals surface area contributed by atoms with E-state index in [1.807, 2.05) is 13.8 Å². The van der Waals surface area contributed by atoms with Gasteiger partial charge in [0.15, 0.2) is 0 Å². The van der Waals surface area contributed by atoms with Gasteiger partial charge in [0.1, 0.15) is 0 Å². The number of morpholine rings is 1. The molecule has 2 aromatic rings. The highest BCUT2D eigenvalue weighted by molar-refractivity contribution is 6.28. The molecule has 1 saturated heterocycles. The van der Waals surface area contributed by atoms with Crippen molar-refractivity contribution in [3.8, 4) is 5.95 Å². The SMILES string of the molecule is CC1CN(c2nc(Cl)nc(-n3cccn3)n2)CC(C)O1. The van der Waals surface area contributed by atoms with E-state index in [9.17, 15) is 0 Å². The summed E-state index contributed by atoms with van der Waals surface area (Å²) in [5.41, 5.74) is 0. The monoisotopic (exact) mass is 294 g/mol. The summed E-state index contributed by atoms with van der Waals surface area (Å²) in [5.74, 6) is 0.967. The molecule has 0 N–H and O–H groups in total. The van der Waals surface area contributed by atoms with Crippen LogP contribution in [0.25, 0.3) is 5.95 Å². The number of anilines is 1. The molecule has 0 aliphatic carbocycles. The Morgan fingerprint density at radius 2 is 1.85 bits per heavy atom. The molecule has 2 aromatic heterocycles. The molecule has 0 saturated carbocycles. The van der Waals surface area contributed by atoms with E-state index in [0.29, 0.717) is 11.9 Å². The first kappa shape index (κ1) is 13.3. The van der Waals surface area contributed by atoms with Crippen molar-refractivity contribution in [3.63, 3.8) is 0 Å². The van der Waals surface area contributed by atoms with Gasteiger partial charge in [-0.1, -0.05) is 0 Å². The van der Waals surface area contributed by atoms with E-state index in [-0.39, 0.29) is 17.5 Å². The summed E-state index contributed by atoms with van der Waals surface area (Å²) in [6.45, 7) is 5.51. The van der Waals surface area contributed by atoms with Crippen molar-refractivity contribution in [2.75, 3.05) is 18.0 Å². The highest BCUT2D eigenvalue weighted by Crippen LogP contribution is 2.18. The number of rotatable bonds is 2. The first-order valence-corrected chi connectivity index (χ1v) is 6.81. The number of hydrogen-bond acceptors (Lipinski definition) is 6. The van der Waals surface area contributed by atoms with Crippen LogP contribution in [0.15, 0.2) is 18.5 Å². The molecule has 0 amide bonds. The Bertz CT molecular complexity index is 580. The predicted octanol–water partition coefficient (Wildman–Crippen LogP) is 1.32. The molecule has 7 nitrogen and oxygen atoms in total. The molecule has 0 bridgehead atoms. The maximum Gasteiger partial charge on any atom is 0.256 e. The van der Waals surface area contributed by atoms with Gasteiger partial charge in [0.2, 0.25) is 11.2 Å². The van der Waals surface area contributed by atoms with E-state index in [1.54, 1.807) is 23.1 Å². The van der Waals surface area contributed by atoms with Crippen molar-refractivity contribution in [2.24, 2.45) is 0 Å². The van der Waals surface area contributed by atoms with Crippen LogP contribution in [-0.2, 0) is 4.74 Å². The molecule has 2 atom stereocenters. The van der Waals surface area contributed by atoms with Gasteiger partial charge in [0.25, 0.3) is 5.95 Å². The van der Waals surface area contributed by atoms with Gasteiger partial charge in [-0.15, -0.1) is 0 Å². The molecule has 0 aromatic carbocycles. The number of halogens is 1. The summed E-state index contributed by atoms with van der Waals surface area (Å²) >= 11 is 6.00. The molecule has 20 heavy (non-hydrogen) atoms. The Morgan fingerprint density at radius 1 is 1.15 bits per heavy atom. The van der Waals surface area contributed by atoms with Crippen molar-refractivity contribution in [1.82, 2.24) is 24.7 Å². The summed E-state index contributed by atoms with van der Waals surface area (Å²) in [6.07, 6.45) is 3.68. The fraction of sp³-hybridized carbons (Fsp3) is 0.500. The second-order valence-electron chi connectivity index (χ2n) is 4.82. The minimum atomic E-state index is 0.127. The zero-order valence-corrected chi connectivity index (χ0v) is 12.0. The van der Waals surface area contributed by atoms with Gasteiger partial charge < -0.3 is 9.64 Å². The Kier molecular flexibility index (Phi) is 3.54. The largest absolute Gasteiger partial charge is 0.372 e. The third kappa shape index (κ3) is 2.73. The number of hydrogen-bond donors (Lipinski definition) is 0. The fourth-order valence-electron chi connectivity index (χ4n) is 2.30. The fourth-order valence-corrected chi connectivity index (χ4v) is 2.45. The van der Waals surface area contributed by atoms with E-state index in [1.165, 1.54) is 0 Å². The van der Waals surface area contributed by atoms with Crippen molar-refractivity contribution in [1.29, 1.82) is 0 Å². The summed E-state index contributed by atoms with van der Waals surface area (Å²) in [5, 5.41) is 4.27. The Balaban J connectivity index is 1.93. The number of nitrogens with zero attached hydrogens (tertiary/aromatic N) is 6. The molecule has 0 radical (unpaired) electrons. The third-order valence-corrected chi connectivity index (χ3v) is 3.17. The maximum atomic E-state index is 6.00. The predicted molar refractivity (Wildman–Crippen MR) is 74.2 cm³/mol. The molecule has 1 fully saturated rings. The molecule has 1 aliphatic heterocycles. The third-order valence-electron chi connectivity index (χ3n) is 3.00.